The number of ether oxygens (including phenoxy) is 1. The molecule has 218 valence electrons. The highest BCUT2D eigenvalue weighted by Gasteiger charge is 2.39. The zero-order valence-electron chi connectivity index (χ0n) is 24.8. The predicted octanol–water partition coefficient (Wildman–Crippen LogP) is 6.22. The first-order valence-corrected chi connectivity index (χ1v) is 14.7. The summed E-state index contributed by atoms with van der Waals surface area (Å²) in [6.07, 6.45) is 11.3. The molecule has 2 amide bonds. The molecule has 1 aromatic heterocycles. The topological polar surface area (TPSA) is 83.8 Å². The number of hydrogen-bond acceptors (Lipinski definition) is 4. The van der Waals surface area contributed by atoms with Crippen molar-refractivity contribution in [3.63, 3.8) is 0 Å². The monoisotopic (exact) mass is 557 g/mol. The SMILES string of the molecule is CCC.CCCNC(=O)C1=CC2(CC1)CCN(C(=O)c1ccc(-n3ccc(CO)c3)cc1OC)c1ccccc1C2. The molecule has 0 fully saturated rings. The van der Waals surface area contributed by atoms with E-state index in [4.69, 9.17) is 4.74 Å². The quantitative estimate of drug-likeness (QED) is 0.361. The molecule has 1 aliphatic carbocycles. The second-order valence-electron chi connectivity index (χ2n) is 11.0. The van der Waals surface area contributed by atoms with Crippen molar-refractivity contribution in [3.05, 3.63) is 89.3 Å². The van der Waals surface area contributed by atoms with Crippen LogP contribution in [0.1, 0.15) is 74.4 Å². The molecule has 1 unspecified atom stereocenters. The first-order valence-electron chi connectivity index (χ1n) is 14.7. The highest BCUT2D eigenvalue weighted by Crippen LogP contribution is 2.46. The molecule has 1 spiro atoms. The molecular formula is C34H43N3O4. The summed E-state index contributed by atoms with van der Waals surface area (Å²) < 4.78 is 7.57. The summed E-state index contributed by atoms with van der Waals surface area (Å²) in [7, 11) is 1.57. The molecule has 1 aliphatic heterocycles. The molecule has 5 rings (SSSR count). The molecule has 3 aromatic rings. The summed E-state index contributed by atoms with van der Waals surface area (Å²) in [5, 5.41) is 12.4. The van der Waals surface area contributed by atoms with Crippen molar-refractivity contribution in [1.29, 1.82) is 0 Å². The van der Waals surface area contributed by atoms with Crippen molar-refractivity contribution in [2.75, 3.05) is 25.1 Å². The number of nitrogens with zero attached hydrogens (tertiary/aromatic N) is 2. The van der Waals surface area contributed by atoms with Crippen molar-refractivity contribution < 1.29 is 19.4 Å². The number of methoxy groups -OCH3 is 1. The van der Waals surface area contributed by atoms with E-state index in [1.807, 2.05) is 64.3 Å². The fourth-order valence-electron chi connectivity index (χ4n) is 5.68. The van der Waals surface area contributed by atoms with Gasteiger partial charge < -0.3 is 24.6 Å². The van der Waals surface area contributed by atoms with E-state index in [0.29, 0.717) is 24.4 Å². The van der Waals surface area contributed by atoms with Gasteiger partial charge in [-0.3, -0.25) is 9.59 Å². The van der Waals surface area contributed by atoms with Gasteiger partial charge in [0.2, 0.25) is 5.91 Å². The molecule has 0 saturated carbocycles. The van der Waals surface area contributed by atoms with Gasteiger partial charge in [0, 0.05) is 48.5 Å². The number of aliphatic hydroxyl groups excluding tert-OH is 1. The van der Waals surface area contributed by atoms with Crippen LogP contribution in [0.4, 0.5) is 5.69 Å². The number of carbonyl (C=O) groups is 2. The number of hydrogen-bond donors (Lipinski definition) is 2. The van der Waals surface area contributed by atoms with Gasteiger partial charge in [0.05, 0.1) is 19.3 Å². The molecule has 0 radical (unpaired) electrons. The van der Waals surface area contributed by atoms with E-state index in [9.17, 15) is 14.7 Å². The van der Waals surface area contributed by atoms with Gasteiger partial charge in [-0.05, 0) is 72.9 Å². The van der Waals surface area contributed by atoms with E-state index in [1.54, 1.807) is 7.11 Å². The van der Waals surface area contributed by atoms with Crippen LogP contribution in [-0.4, -0.2) is 41.7 Å². The molecule has 1 atom stereocenters. The summed E-state index contributed by atoms with van der Waals surface area (Å²) in [4.78, 5) is 28.5. The summed E-state index contributed by atoms with van der Waals surface area (Å²) in [6.45, 7) is 7.51. The summed E-state index contributed by atoms with van der Waals surface area (Å²) in [5.41, 5.74) is 4.90. The minimum atomic E-state index is -0.142. The standard InChI is InChI=1S/C31H35N3O4.C3H8/c1-3-14-32-29(36)24-10-12-31(19-24)13-16-34(27-7-5-4-6-23(27)18-31)30(37)26-9-8-25(17-28(26)38-2)33-15-11-22(20-33)21-35;1-3-2/h4-9,11,15,17,19-20,35H,3,10,12-14,16,18,21H2,1-2H3,(H,32,36);3H2,1-2H3. The van der Waals surface area contributed by atoms with Crippen molar-refractivity contribution in [1.82, 2.24) is 9.88 Å². The lowest BCUT2D eigenvalue weighted by atomic mass is 9.79. The van der Waals surface area contributed by atoms with Gasteiger partial charge in [-0.25, -0.2) is 0 Å². The molecule has 2 aromatic carbocycles. The molecule has 41 heavy (non-hydrogen) atoms. The molecule has 0 bridgehead atoms. The lowest BCUT2D eigenvalue weighted by molar-refractivity contribution is -0.117. The van der Waals surface area contributed by atoms with Gasteiger partial charge in [-0.1, -0.05) is 51.5 Å². The number of para-hydroxylation sites is 1. The van der Waals surface area contributed by atoms with Gasteiger partial charge in [0.15, 0.2) is 0 Å². The summed E-state index contributed by atoms with van der Waals surface area (Å²) in [5.74, 6) is 0.427. The van der Waals surface area contributed by atoms with Crippen molar-refractivity contribution >= 4 is 17.5 Å². The van der Waals surface area contributed by atoms with Crippen LogP contribution in [0, 0.1) is 5.41 Å². The van der Waals surface area contributed by atoms with Crippen LogP contribution in [0.5, 0.6) is 5.75 Å². The van der Waals surface area contributed by atoms with E-state index in [2.05, 4.69) is 38.2 Å². The number of amides is 2. The van der Waals surface area contributed by atoms with Gasteiger partial charge in [0.25, 0.3) is 5.91 Å². The Kier molecular flexibility index (Phi) is 10.1. The number of aliphatic hydroxyl groups is 1. The number of nitrogens with one attached hydrogen (secondary N) is 1. The number of carbonyl (C=O) groups excluding carboxylic acids is 2. The molecule has 7 nitrogen and oxygen atoms in total. The Morgan fingerprint density at radius 2 is 1.85 bits per heavy atom. The number of allylic oxidation sites excluding steroid dienone is 1. The Labute approximate surface area is 243 Å². The molecular weight excluding hydrogens is 514 g/mol. The lowest BCUT2D eigenvalue weighted by Crippen LogP contribution is -2.33. The highest BCUT2D eigenvalue weighted by molar-refractivity contribution is 6.08. The summed E-state index contributed by atoms with van der Waals surface area (Å²) in [6, 6.07) is 15.5. The number of aromatic nitrogens is 1. The van der Waals surface area contributed by atoms with Gasteiger partial charge in [0.1, 0.15) is 5.75 Å². The molecule has 0 saturated heterocycles. The largest absolute Gasteiger partial charge is 0.496 e. The Hall–Kier alpha value is -3.84. The maximum Gasteiger partial charge on any atom is 0.262 e. The molecule has 2 aliphatic rings. The molecule has 2 heterocycles. The summed E-state index contributed by atoms with van der Waals surface area (Å²) >= 11 is 0. The first-order chi connectivity index (χ1) is 19.9. The molecule has 2 N–H and O–H groups in total. The predicted molar refractivity (Wildman–Crippen MR) is 164 cm³/mol. The van der Waals surface area contributed by atoms with E-state index < -0.39 is 0 Å². The second-order valence-corrected chi connectivity index (χ2v) is 11.0. The Morgan fingerprint density at radius 1 is 1.07 bits per heavy atom. The van der Waals surface area contributed by atoms with Gasteiger partial charge >= 0.3 is 0 Å². The van der Waals surface area contributed by atoms with Crippen LogP contribution in [0.25, 0.3) is 5.69 Å². The fourth-order valence-corrected chi connectivity index (χ4v) is 5.68. The normalized spacial score (nSPS) is 17.7. The molecule has 7 heteroatoms. The Bertz CT molecular complexity index is 1390. The Balaban J connectivity index is 0.00000124. The van der Waals surface area contributed by atoms with Gasteiger partial charge in [-0.2, -0.15) is 0 Å². The van der Waals surface area contributed by atoms with Crippen LogP contribution < -0.4 is 15.0 Å². The minimum absolute atomic E-state index is 0.0311. The number of anilines is 1. The van der Waals surface area contributed by atoms with Crippen molar-refractivity contribution in [3.8, 4) is 11.4 Å². The maximum absolute atomic E-state index is 14.0. The maximum atomic E-state index is 14.0. The van der Waals surface area contributed by atoms with Crippen LogP contribution in [0.15, 0.2) is 72.6 Å². The van der Waals surface area contributed by atoms with E-state index in [-0.39, 0.29) is 23.8 Å². The van der Waals surface area contributed by atoms with Gasteiger partial charge in [-0.15, -0.1) is 0 Å². The zero-order chi connectivity index (χ0) is 29.4. The van der Waals surface area contributed by atoms with E-state index >= 15 is 0 Å². The average molecular weight is 558 g/mol. The highest BCUT2D eigenvalue weighted by atomic mass is 16.5. The van der Waals surface area contributed by atoms with Crippen LogP contribution in [0.2, 0.25) is 0 Å². The second kappa shape index (κ2) is 13.7. The minimum Gasteiger partial charge on any atom is -0.496 e. The van der Waals surface area contributed by atoms with E-state index in [1.165, 1.54) is 6.42 Å². The smallest absolute Gasteiger partial charge is 0.262 e. The zero-order valence-corrected chi connectivity index (χ0v) is 24.8. The van der Waals surface area contributed by atoms with Crippen molar-refractivity contribution in [2.24, 2.45) is 5.41 Å². The average Bonchev–Trinajstić information content (AvgIpc) is 3.61. The third-order valence-electron chi connectivity index (χ3n) is 7.75. The van der Waals surface area contributed by atoms with E-state index in [0.717, 1.165) is 60.2 Å². The third-order valence-corrected chi connectivity index (χ3v) is 7.75. The van der Waals surface area contributed by atoms with Crippen LogP contribution in [0.3, 0.4) is 0 Å². The van der Waals surface area contributed by atoms with Crippen molar-refractivity contribution in [2.45, 2.75) is 65.9 Å². The third kappa shape index (κ3) is 6.73. The van der Waals surface area contributed by atoms with Crippen LogP contribution in [-0.2, 0) is 17.8 Å². The fraction of sp³-hybridized carbons (Fsp3) is 0.412. The van der Waals surface area contributed by atoms with Crippen LogP contribution >= 0.6 is 0 Å². The number of rotatable bonds is 7. The Morgan fingerprint density at radius 3 is 2.56 bits per heavy atom. The number of fused-ring (bicyclic) bond motifs is 1. The lowest BCUT2D eigenvalue weighted by Gasteiger charge is -2.26. The number of benzene rings is 2. The first kappa shape index (κ1) is 30.1.